The van der Waals surface area contributed by atoms with E-state index >= 15 is 0 Å². The number of hydrogen-bond acceptors (Lipinski definition) is 6. The van der Waals surface area contributed by atoms with E-state index < -0.39 is 10.8 Å². The first-order valence-corrected chi connectivity index (χ1v) is 8.95. The second-order valence-corrected chi connectivity index (χ2v) is 6.52. The van der Waals surface area contributed by atoms with Crippen molar-refractivity contribution in [1.82, 2.24) is 4.90 Å². The SMILES string of the molecule is O=C(CN1C(=O)CSC=C1c1ccccc1)Nc1cc([N+](=O)[O-])ccc1O. The van der Waals surface area contributed by atoms with Crippen molar-refractivity contribution in [2.45, 2.75) is 0 Å². The molecule has 3 rings (SSSR count). The maximum Gasteiger partial charge on any atom is 0.271 e. The molecule has 27 heavy (non-hydrogen) atoms. The van der Waals surface area contributed by atoms with Crippen LogP contribution in [0.2, 0.25) is 0 Å². The quantitative estimate of drug-likeness (QED) is 0.465. The van der Waals surface area contributed by atoms with E-state index in [2.05, 4.69) is 5.32 Å². The van der Waals surface area contributed by atoms with Crippen LogP contribution in [-0.2, 0) is 9.59 Å². The molecule has 0 radical (unpaired) electrons. The number of nitrogens with one attached hydrogen (secondary N) is 1. The molecule has 2 amide bonds. The Morgan fingerprint density at radius 3 is 2.70 bits per heavy atom. The monoisotopic (exact) mass is 385 g/mol. The molecule has 0 saturated carbocycles. The molecule has 2 aromatic carbocycles. The van der Waals surface area contributed by atoms with E-state index in [0.29, 0.717) is 5.70 Å². The molecule has 0 saturated heterocycles. The minimum absolute atomic E-state index is 0.0849. The van der Waals surface area contributed by atoms with Gasteiger partial charge >= 0.3 is 0 Å². The summed E-state index contributed by atoms with van der Waals surface area (Å²) < 4.78 is 0. The smallest absolute Gasteiger partial charge is 0.271 e. The van der Waals surface area contributed by atoms with Crippen molar-refractivity contribution in [3.8, 4) is 5.75 Å². The molecule has 0 aromatic heterocycles. The van der Waals surface area contributed by atoms with Gasteiger partial charge in [0.15, 0.2) is 0 Å². The number of benzene rings is 2. The number of nitro benzene ring substituents is 1. The number of aromatic hydroxyl groups is 1. The molecule has 0 aliphatic carbocycles. The molecule has 2 aromatic rings. The molecule has 9 heteroatoms. The highest BCUT2D eigenvalue weighted by Gasteiger charge is 2.26. The van der Waals surface area contributed by atoms with Gasteiger partial charge in [-0.3, -0.25) is 19.7 Å². The van der Waals surface area contributed by atoms with Crippen LogP contribution in [0, 0.1) is 10.1 Å². The van der Waals surface area contributed by atoms with Crippen molar-refractivity contribution >= 4 is 40.6 Å². The van der Waals surface area contributed by atoms with Crippen LogP contribution in [0.3, 0.4) is 0 Å². The maximum atomic E-state index is 12.4. The zero-order chi connectivity index (χ0) is 19.4. The zero-order valence-corrected chi connectivity index (χ0v) is 14.8. The van der Waals surface area contributed by atoms with Gasteiger partial charge in [-0.15, -0.1) is 11.8 Å². The number of phenolic OH excluding ortho intramolecular Hbond substituents is 1. The minimum atomic E-state index is -0.628. The van der Waals surface area contributed by atoms with Gasteiger partial charge in [0.25, 0.3) is 5.69 Å². The van der Waals surface area contributed by atoms with Crippen LogP contribution in [0.4, 0.5) is 11.4 Å². The number of thioether (sulfide) groups is 1. The molecule has 1 aliphatic heterocycles. The summed E-state index contributed by atoms with van der Waals surface area (Å²) in [6.07, 6.45) is 0. The van der Waals surface area contributed by atoms with Crippen molar-refractivity contribution in [1.29, 1.82) is 0 Å². The predicted octanol–water partition coefficient (Wildman–Crippen LogP) is 2.81. The molecule has 0 bridgehead atoms. The second-order valence-electron chi connectivity index (χ2n) is 5.67. The van der Waals surface area contributed by atoms with Crippen LogP contribution >= 0.6 is 11.8 Å². The van der Waals surface area contributed by atoms with Crippen LogP contribution in [0.5, 0.6) is 5.75 Å². The summed E-state index contributed by atoms with van der Waals surface area (Å²) >= 11 is 1.35. The maximum absolute atomic E-state index is 12.4. The fraction of sp³-hybridized carbons (Fsp3) is 0.111. The number of anilines is 1. The Kier molecular flexibility index (Phi) is 5.41. The van der Waals surface area contributed by atoms with Gasteiger partial charge in [0, 0.05) is 12.1 Å². The lowest BCUT2D eigenvalue weighted by Gasteiger charge is -2.28. The summed E-state index contributed by atoms with van der Waals surface area (Å²) in [5.74, 6) is -0.882. The molecule has 0 unspecified atom stereocenters. The number of carbonyl (C=O) groups is 2. The predicted molar refractivity (Wildman–Crippen MR) is 102 cm³/mol. The van der Waals surface area contributed by atoms with Crippen LogP contribution in [0.15, 0.2) is 53.9 Å². The minimum Gasteiger partial charge on any atom is -0.506 e. The number of amides is 2. The first-order valence-electron chi connectivity index (χ1n) is 7.90. The van der Waals surface area contributed by atoms with Gasteiger partial charge in [-0.1, -0.05) is 30.3 Å². The van der Waals surface area contributed by atoms with E-state index in [1.165, 1.54) is 16.7 Å². The largest absolute Gasteiger partial charge is 0.506 e. The first-order chi connectivity index (χ1) is 13.0. The molecular formula is C18H15N3O5S. The van der Waals surface area contributed by atoms with Gasteiger partial charge in [0.1, 0.15) is 12.3 Å². The van der Waals surface area contributed by atoms with E-state index in [1.54, 1.807) is 0 Å². The number of phenols is 1. The van der Waals surface area contributed by atoms with Gasteiger partial charge in [-0.2, -0.15) is 0 Å². The van der Waals surface area contributed by atoms with E-state index in [1.807, 2.05) is 35.7 Å². The van der Waals surface area contributed by atoms with Crippen molar-refractivity contribution in [3.05, 3.63) is 69.6 Å². The van der Waals surface area contributed by atoms with Crippen LogP contribution in [0.25, 0.3) is 5.70 Å². The summed E-state index contributed by atoms with van der Waals surface area (Å²) in [6, 6.07) is 12.5. The third kappa shape index (κ3) is 4.26. The fourth-order valence-corrected chi connectivity index (χ4v) is 3.35. The van der Waals surface area contributed by atoms with Gasteiger partial charge < -0.3 is 15.3 Å². The van der Waals surface area contributed by atoms with Crippen molar-refractivity contribution < 1.29 is 19.6 Å². The Morgan fingerprint density at radius 2 is 2.00 bits per heavy atom. The lowest BCUT2D eigenvalue weighted by molar-refractivity contribution is -0.384. The molecule has 0 spiro atoms. The van der Waals surface area contributed by atoms with Crippen molar-refractivity contribution in [2.75, 3.05) is 17.6 Å². The molecule has 8 nitrogen and oxygen atoms in total. The first kappa shape index (κ1) is 18.5. The van der Waals surface area contributed by atoms with Gasteiger partial charge in [-0.25, -0.2) is 0 Å². The van der Waals surface area contributed by atoms with E-state index in [9.17, 15) is 24.8 Å². The molecule has 1 aliphatic rings. The summed E-state index contributed by atoms with van der Waals surface area (Å²) in [6.45, 7) is -0.276. The van der Waals surface area contributed by atoms with E-state index in [4.69, 9.17) is 0 Å². The third-order valence-corrected chi connectivity index (χ3v) is 4.63. The highest BCUT2D eigenvalue weighted by molar-refractivity contribution is 8.03. The number of non-ortho nitro benzene ring substituents is 1. The molecule has 2 N–H and O–H groups in total. The molecule has 1 heterocycles. The number of nitro groups is 1. The van der Waals surface area contributed by atoms with Gasteiger partial charge in [0.05, 0.1) is 22.1 Å². The van der Waals surface area contributed by atoms with Gasteiger partial charge in [-0.05, 0) is 17.0 Å². The van der Waals surface area contributed by atoms with E-state index in [-0.39, 0.29) is 35.3 Å². The number of hydrogen-bond donors (Lipinski definition) is 2. The Hall–Kier alpha value is -3.33. The Morgan fingerprint density at radius 1 is 1.26 bits per heavy atom. The summed E-state index contributed by atoms with van der Waals surface area (Å²) in [7, 11) is 0. The van der Waals surface area contributed by atoms with Crippen LogP contribution in [0.1, 0.15) is 5.56 Å². The van der Waals surface area contributed by atoms with Crippen LogP contribution < -0.4 is 5.32 Å². The lowest BCUT2D eigenvalue weighted by Crippen LogP contribution is -2.39. The molecule has 138 valence electrons. The summed E-state index contributed by atoms with van der Waals surface area (Å²) in [4.78, 5) is 36.3. The number of carbonyl (C=O) groups excluding carboxylic acids is 2. The van der Waals surface area contributed by atoms with Crippen molar-refractivity contribution in [3.63, 3.8) is 0 Å². The number of nitrogens with zero attached hydrogens (tertiary/aromatic N) is 2. The van der Waals surface area contributed by atoms with Crippen molar-refractivity contribution in [2.24, 2.45) is 0 Å². The Bertz CT molecular complexity index is 930. The highest BCUT2D eigenvalue weighted by atomic mass is 32.2. The molecule has 0 fully saturated rings. The third-order valence-electron chi connectivity index (χ3n) is 3.83. The fourth-order valence-electron chi connectivity index (χ4n) is 2.54. The topological polar surface area (TPSA) is 113 Å². The summed E-state index contributed by atoms with van der Waals surface area (Å²) in [5.41, 5.74) is 1.05. The second kappa shape index (κ2) is 7.92. The standard InChI is InChI=1S/C18H15N3O5S/c22-16-7-6-13(21(25)26)8-14(16)19-17(23)9-20-15(10-27-11-18(20)24)12-4-2-1-3-5-12/h1-8,10,22H,9,11H2,(H,19,23). The summed E-state index contributed by atoms with van der Waals surface area (Å²) in [5, 5.41) is 24.9. The Balaban J connectivity index is 1.79. The lowest BCUT2D eigenvalue weighted by atomic mass is 10.1. The normalized spacial score (nSPS) is 13.9. The Labute approximate surface area is 158 Å². The highest BCUT2D eigenvalue weighted by Crippen LogP contribution is 2.30. The average Bonchev–Trinajstić information content (AvgIpc) is 2.65. The molecule has 0 atom stereocenters. The molecular weight excluding hydrogens is 370 g/mol. The van der Waals surface area contributed by atoms with Gasteiger partial charge in [0.2, 0.25) is 11.8 Å². The zero-order valence-electron chi connectivity index (χ0n) is 14.0. The van der Waals surface area contributed by atoms with Crippen LogP contribution in [-0.4, -0.2) is 39.0 Å². The number of rotatable bonds is 5. The average molecular weight is 385 g/mol. The van der Waals surface area contributed by atoms with E-state index in [0.717, 1.165) is 23.8 Å².